The number of fused-ring (bicyclic) bond motifs is 6. The van der Waals surface area contributed by atoms with Gasteiger partial charge in [-0.25, -0.2) is 0 Å². The number of aromatic nitrogens is 2. The molecule has 6 aromatic carbocycles. The van der Waals surface area contributed by atoms with Gasteiger partial charge in [0.15, 0.2) is 5.78 Å². The third-order valence-electron chi connectivity index (χ3n) is 10.0. The zero-order valence-electron chi connectivity index (χ0n) is 27.1. The Labute approximate surface area is 284 Å². The average Bonchev–Trinajstić information content (AvgIpc) is 3.67. The van der Waals surface area contributed by atoms with E-state index in [1.54, 1.807) is 0 Å². The van der Waals surface area contributed by atoms with Crippen LogP contribution in [0.3, 0.4) is 0 Å². The zero-order valence-corrected chi connectivity index (χ0v) is 27.1. The number of nitrogens with zero attached hydrogens (tertiary/aromatic N) is 2. The normalized spacial score (nSPS) is 14.8. The first kappa shape index (κ1) is 29.2. The summed E-state index contributed by atoms with van der Waals surface area (Å²) in [4.78, 5) is 13.7. The molecule has 4 heteroatoms. The second-order valence-corrected chi connectivity index (χ2v) is 13.1. The molecule has 2 unspecified atom stereocenters. The Bertz CT molecular complexity index is 2510. The SMILES string of the molecule is CC1C=Cc2c(n(-c3ccc(C(=O)c4cccc(C(O)c5ccc(-n6c7ccccc7c7ccccc76)cc5)c4)cc3)c3ccccc23)C1. The molecule has 2 heterocycles. The lowest BCUT2D eigenvalue weighted by molar-refractivity contribution is 0.103. The number of carbonyl (C=O) groups excluding carboxylic acids is 1. The van der Waals surface area contributed by atoms with Crippen LogP contribution in [0, 0.1) is 5.92 Å². The molecule has 0 amide bonds. The fourth-order valence-electron chi connectivity index (χ4n) is 7.61. The minimum absolute atomic E-state index is 0.0711. The summed E-state index contributed by atoms with van der Waals surface area (Å²) in [5.41, 5.74) is 10.7. The summed E-state index contributed by atoms with van der Waals surface area (Å²) in [5.74, 6) is 0.398. The maximum atomic E-state index is 13.7. The van der Waals surface area contributed by atoms with E-state index in [0.29, 0.717) is 22.6 Å². The highest BCUT2D eigenvalue weighted by Crippen LogP contribution is 2.36. The second-order valence-electron chi connectivity index (χ2n) is 13.1. The van der Waals surface area contributed by atoms with Gasteiger partial charge in [-0.2, -0.15) is 0 Å². The number of allylic oxidation sites excluding steroid dienone is 1. The number of benzene rings is 6. The Morgan fingerprint density at radius 1 is 0.612 bits per heavy atom. The molecule has 0 saturated carbocycles. The van der Waals surface area contributed by atoms with Gasteiger partial charge >= 0.3 is 0 Å². The molecular weight excluding hydrogens is 601 g/mol. The van der Waals surface area contributed by atoms with Gasteiger partial charge < -0.3 is 14.2 Å². The fraction of sp³-hybridized carbons (Fsp3) is 0.0889. The van der Waals surface area contributed by atoms with E-state index >= 15 is 0 Å². The maximum Gasteiger partial charge on any atom is 0.193 e. The second kappa shape index (κ2) is 11.6. The Hall–Kier alpha value is -5.97. The molecule has 0 fully saturated rings. The van der Waals surface area contributed by atoms with Crippen LogP contribution in [-0.2, 0) is 6.42 Å². The number of aliphatic hydroxyl groups is 1. The topological polar surface area (TPSA) is 47.2 Å². The Kier molecular flexibility index (Phi) is 6.92. The summed E-state index contributed by atoms with van der Waals surface area (Å²) in [5, 5.41) is 15.1. The van der Waals surface area contributed by atoms with Crippen LogP contribution in [0.5, 0.6) is 0 Å². The van der Waals surface area contributed by atoms with E-state index in [2.05, 4.69) is 113 Å². The van der Waals surface area contributed by atoms with E-state index in [9.17, 15) is 9.90 Å². The Balaban J connectivity index is 0.991. The molecule has 1 N–H and O–H groups in total. The summed E-state index contributed by atoms with van der Waals surface area (Å²) in [7, 11) is 0. The van der Waals surface area contributed by atoms with E-state index in [1.165, 1.54) is 32.9 Å². The standard InChI is InChI=1S/C45H34N2O2/c1-29-17-26-39-38-13-4-7-16-42(38)47(43(39)27-29)35-24-20-31(21-25-35)45(49)33-10-8-9-32(28-33)44(48)30-18-22-34(23-19-30)46-40-14-5-2-11-36(40)37-12-3-6-15-41(37)46/h2-26,28-29,44,48H,27H2,1H3. The van der Waals surface area contributed by atoms with Crippen molar-refractivity contribution in [3.05, 3.63) is 185 Å². The van der Waals surface area contributed by atoms with Gasteiger partial charge in [0, 0.05) is 49.9 Å². The van der Waals surface area contributed by atoms with E-state index in [4.69, 9.17) is 0 Å². The lowest BCUT2D eigenvalue weighted by atomic mass is 9.94. The van der Waals surface area contributed by atoms with Crippen LogP contribution in [0.15, 0.2) is 152 Å². The quantitative estimate of drug-likeness (QED) is 0.185. The van der Waals surface area contributed by atoms with Crippen molar-refractivity contribution in [2.75, 3.05) is 0 Å². The van der Waals surface area contributed by atoms with Crippen LogP contribution in [0.2, 0.25) is 0 Å². The van der Waals surface area contributed by atoms with Crippen molar-refractivity contribution in [3.63, 3.8) is 0 Å². The molecule has 1 aliphatic rings. The molecule has 9 rings (SSSR count). The maximum absolute atomic E-state index is 13.7. The van der Waals surface area contributed by atoms with Gasteiger partial charge in [-0.1, -0.05) is 104 Å². The van der Waals surface area contributed by atoms with E-state index in [1.807, 2.05) is 60.7 Å². The molecule has 0 aliphatic heterocycles. The molecule has 2 atom stereocenters. The molecule has 0 spiro atoms. The van der Waals surface area contributed by atoms with Crippen molar-refractivity contribution in [1.82, 2.24) is 9.13 Å². The van der Waals surface area contributed by atoms with Crippen molar-refractivity contribution in [2.24, 2.45) is 5.92 Å². The van der Waals surface area contributed by atoms with E-state index < -0.39 is 6.10 Å². The van der Waals surface area contributed by atoms with Gasteiger partial charge in [-0.15, -0.1) is 0 Å². The van der Waals surface area contributed by atoms with Crippen LogP contribution in [-0.4, -0.2) is 20.0 Å². The van der Waals surface area contributed by atoms with Crippen molar-refractivity contribution < 1.29 is 9.90 Å². The molecule has 0 bridgehead atoms. The lowest BCUT2D eigenvalue weighted by Crippen LogP contribution is -2.09. The van der Waals surface area contributed by atoms with Gasteiger partial charge in [-0.05, 0) is 84.1 Å². The van der Waals surface area contributed by atoms with Crippen molar-refractivity contribution in [2.45, 2.75) is 19.4 Å². The molecule has 2 aromatic heterocycles. The predicted molar refractivity (Wildman–Crippen MR) is 200 cm³/mol. The highest BCUT2D eigenvalue weighted by Gasteiger charge is 2.22. The molecule has 49 heavy (non-hydrogen) atoms. The fourth-order valence-corrected chi connectivity index (χ4v) is 7.61. The third-order valence-corrected chi connectivity index (χ3v) is 10.0. The Morgan fingerprint density at radius 2 is 1.18 bits per heavy atom. The first-order valence-electron chi connectivity index (χ1n) is 16.9. The number of para-hydroxylation sites is 3. The summed E-state index contributed by atoms with van der Waals surface area (Å²) in [6.07, 6.45) is 4.64. The molecule has 1 aliphatic carbocycles. The van der Waals surface area contributed by atoms with Crippen LogP contribution >= 0.6 is 0 Å². The zero-order chi connectivity index (χ0) is 33.1. The van der Waals surface area contributed by atoms with Crippen LogP contribution in [0.4, 0.5) is 0 Å². The average molecular weight is 635 g/mol. The smallest absolute Gasteiger partial charge is 0.193 e. The number of rotatable bonds is 6. The predicted octanol–water partition coefficient (Wildman–Crippen LogP) is 10.2. The van der Waals surface area contributed by atoms with E-state index in [-0.39, 0.29) is 5.78 Å². The lowest BCUT2D eigenvalue weighted by Gasteiger charge is -2.17. The van der Waals surface area contributed by atoms with Gasteiger partial charge in [0.05, 0.1) is 16.6 Å². The van der Waals surface area contributed by atoms with Crippen molar-refractivity contribution in [1.29, 1.82) is 0 Å². The summed E-state index contributed by atoms with van der Waals surface area (Å²) in [6.45, 7) is 2.25. The number of carbonyl (C=O) groups is 1. The molecule has 0 radical (unpaired) electrons. The number of ketones is 1. The summed E-state index contributed by atoms with van der Waals surface area (Å²) in [6, 6.07) is 48.7. The largest absolute Gasteiger partial charge is 0.384 e. The molecule has 0 saturated heterocycles. The first-order chi connectivity index (χ1) is 24.0. The first-order valence-corrected chi connectivity index (χ1v) is 16.9. The number of aliphatic hydroxyl groups excluding tert-OH is 1. The van der Waals surface area contributed by atoms with Gasteiger partial charge in [0.1, 0.15) is 6.10 Å². The summed E-state index contributed by atoms with van der Waals surface area (Å²) >= 11 is 0. The minimum atomic E-state index is -0.869. The van der Waals surface area contributed by atoms with Gasteiger partial charge in [0.25, 0.3) is 0 Å². The van der Waals surface area contributed by atoms with Crippen LogP contribution < -0.4 is 0 Å². The Morgan fingerprint density at radius 3 is 1.86 bits per heavy atom. The van der Waals surface area contributed by atoms with Gasteiger partial charge in [-0.3, -0.25) is 4.79 Å². The van der Waals surface area contributed by atoms with Crippen LogP contribution in [0.25, 0.3) is 50.2 Å². The number of hydrogen-bond donors (Lipinski definition) is 1. The van der Waals surface area contributed by atoms with E-state index in [0.717, 1.165) is 34.4 Å². The number of hydrogen-bond acceptors (Lipinski definition) is 2. The van der Waals surface area contributed by atoms with Gasteiger partial charge in [0.2, 0.25) is 0 Å². The minimum Gasteiger partial charge on any atom is -0.384 e. The molecule has 236 valence electrons. The van der Waals surface area contributed by atoms with Crippen molar-refractivity contribution in [3.8, 4) is 11.4 Å². The summed E-state index contributed by atoms with van der Waals surface area (Å²) < 4.78 is 4.60. The molecular formula is C45H34N2O2. The highest BCUT2D eigenvalue weighted by molar-refractivity contribution is 6.10. The highest BCUT2D eigenvalue weighted by atomic mass is 16.3. The molecule has 4 nitrogen and oxygen atoms in total. The molecule has 8 aromatic rings. The monoisotopic (exact) mass is 634 g/mol. The van der Waals surface area contributed by atoms with Crippen molar-refractivity contribution >= 4 is 44.6 Å². The third kappa shape index (κ3) is 4.83. The van der Waals surface area contributed by atoms with Crippen LogP contribution in [0.1, 0.15) is 51.3 Å².